The number of nitrogens with zero attached hydrogens (tertiary/aromatic N) is 2. The first-order valence-corrected chi connectivity index (χ1v) is 9.41. The molecule has 1 saturated heterocycles. The van der Waals surface area contributed by atoms with E-state index < -0.39 is 5.97 Å². The van der Waals surface area contributed by atoms with Gasteiger partial charge in [0.05, 0.1) is 16.2 Å². The average molecular weight is 380 g/mol. The summed E-state index contributed by atoms with van der Waals surface area (Å²) in [6, 6.07) is 12.5. The molecule has 1 N–H and O–H groups in total. The highest BCUT2D eigenvalue weighted by Gasteiger charge is 2.32. The lowest BCUT2D eigenvalue weighted by Crippen LogP contribution is -2.28. The van der Waals surface area contributed by atoms with E-state index in [9.17, 15) is 9.59 Å². The fourth-order valence-electron chi connectivity index (χ4n) is 2.69. The highest BCUT2D eigenvalue weighted by molar-refractivity contribution is 8.18. The van der Waals surface area contributed by atoms with E-state index in [1.165, 1.54) is 23.9 Å². The van der Waals surface area contributed by atoms with Crippen LogP contribution >= 0.6 is 11.8 Å². The number of carboxylic acid groups (broad SMARTS) is 1. The van der Waals surface area contributed by atoms with Crippen LogP contribution in [0, 0.1) is 13.8 Å². The van der Waals surface area contributed by atoms with Crippen molar-refractivity contribution in [3.63, 3.8) is 0 Å². The van der Waals surface area contributed by atoms with Gasteiger partial charge in [0.1, 0.15) is 0 Å². The maximum Gasteiger partial charge on any atom is 0.335 e. The van der Waals surface area contributed by atoms with Crippen LogP contribution in [-0.2, 0) is 4.79 Å². The smallest absolute Gasteiger partial charge is 0.335 e. The number of amidine groups is 1. The van der Waals surface area contributed by atoms with Crippen LogP contribution in [-0.4, -0.2) is 33.6 Å². The zero-order valence-electron chi connectivity index (χ0n) is 15.4. The van der Waals surface area contributed by atoms with E-state index in [1.54, 1.807) is 23.1 Å². The number of aromatic carboxylic acids is 1. The third-order valence-electron chi connectivity index (χ3n) is 4.24. The number of aliphatic imine (C=N–C) groups is 1. The Morgan fingerprint density at radius 3 is 2.52 bits per heavy atom. The average Bonchev–Trinajstić information content (AvgIpc) is 2.93. The first-order chi connectivity index (χ1) is 12.9. The molecule has 1 amide bonds. The van der Waals surface area contributed by atoms with E-state index in [4.69, 9.17) is 10.1 Å². The maximum atomic E-state index is 12.7. The van der Waals surface area contributed by atoms with E-state index in [0.29, 0.717) is 16.6 Å². The standard InChI is InChI=1S/C21H20N2O3S/c1-4-23-19(24)18(12-15-7-9-16(10-8-15)20(25)26)27-21(23)22-17-11-13(2)5-6-14(17)3/h5-12H,4H2,1-3H3,(H,25,26)/b18-12-,22-21?. The molecule has 2 aromatic rings. The van der Waals surface area contributed by atoms with Gasteiger partial charge in [-0.05, 0) is 73.5 Å². The lowest BCUT2D eigenvalue weighted by atomic mass is 10.1. The summed E-state index contributed by atoms with van der Waals surface area (Å²) in [7, 11) is 0. The van der Waals surface area contributed by atoms with Gasteiger partial charge in [0.15, 0.2) is 5.17 Å². The monoisotopic (exact) mass is 380 g/mol. The number of hydrogen-bond donors (Lipinski definition) is 1. The van der Waals surface area contributed by atoms with Gasteiger partial charge in [0, 0.05) is 6.54 Å². The number of carbonyl (C=O) groups is 2. The fourth-order valence-corrected chi connectivity index (χ4v) is 3.74. The molecule has 0 aliphatic carbocycles. The Balaban J connectivity index is 1.93. The molecule has 27 heavy (non-hydrogen) atoms. The highest BCUT2D eigenvalue weighted by atomic mass is 32.2. The molecule has 0 spiro atoms. The Hall–Kier alpha value is -2.86. The van der Waals surface area contributed by atoms with Crippen LogP contribution in [0.3, 0.4) is 0 Å². The SMILES string of the molecule is CCN1C(=O)/C(=C/c2ccc(C(=O)O)cc2)SC1=Nc1cc(C)ccc1C. The number of carbonyl (C=O) groups excluding carboxylic acids is 1. The second-order valence-corrected chi connectivity index (χ2v) is 7.28. The quantitative estimate of drug-likeness (QED) is 0.786. The van der Waals surface area contributed by atoms with E-state index in [0.717, 1.165) is 22.4 Å². The summed E-state index contributed by atoms with van der Waals surface area (Å²) in [5.74, 6) is -1.06. The van der Waals surface area contributed by atoms with Crippen LogP contribution in [0.1, 0.15) is 34.0 Å². The minimum Gasteiger partial charge on any atom is -0.478 e. The summed E-state index contributed by atoms with van der Waals surface area (Å²) in [4.78, 5) is 30.6. The number of benzene rings is 2. The van der Waals surface area contributed by atoms with Gasteiger partial charge in [0.2, 0.25) is 0 Å². The minimum absolute atomic E-state index is 0.0890. The fraction of sp³-hybridized carbons (Fsp3) is 0.190. The molecule has 1 fully saturated rings. The first-order valence-electron chi connectivity index (χ1n) is 8.59. The van der Waals surface area contributed by atoms with Crippen LogP contribution < -0.4 is 0 Å². The molecule has 0 radical (unpaired) electrons. The molecule has 6 heteroatoms. The Morgan fingerprint density at radius 1 is 1.19 bits per heavy atom. The van der Waals surface area contributed by atoms with Crippen molar-refractivity contribution in [3.05, 3.63) is 69.6 Å². The third-order valence-corrected chi connectivity index (χ3v) is 5.25. The second-order valence-electron chi connectivity index (χ2n) is 6.27. The summed E-state index contributed by atoms with van der Waals surface area (Å²) < 4.78 is 0. The number of hydrogen-bond acceptors (Lipinski definition) is 4. The Morgan fingerprint density at radius 2 is 1.89 bits per heavy atom. The zero-order chi connectivity index (χ0) is 19.6. The van der Waals surface area contributed by atoms with Crippen molar-refractivity contribution >= 4 is 40.6 Å². The largest absolute Gasteiger partial charge is 0.478 e. The summed E-state index contributed by atoms with van der Waals surface area (Å²) in [5, 5.41) is 9.65. The summed E-state index contributed by atoms with van der Waals surface area (Å²) in [6.07, 6.45) is 1.77. The van der Waals surface area contributed by atoms with Crippen LogP contribution in [0.25, 0.3) is 6.08 Å². The molecule has 5 nitrogen and oxygen atoms in total. The van der Waals surface area contributed by atoms with E-state index in [-0.39, 0.29) is 11.5 Å². The second kappa shape index (κ2) is 7.80. The normalized spacial score (nSPS) is 17.1. The number of carboxylic acids is 1. The maximum absolute atomic E-state index is 12.7. The Bertz CT molecular complexity index is 962. The molecular weight excluding hydrogens is 360 g/mol. The molecule has 0 atom stereocenters. The van der Waals surface area contributed by atoms with Crippen molar-refractivity contribution in [2.45, 2.75) is 20.8 Å². The predicted molar refractivity (Wildman–Crippen MR) is 109 cm³/mol. The van der Waals surface area contributed by atoms with Crippen molar-refractivity contribution in [2.75, 3.05) is 6.54 Å². The Labute approximate surface area is 162 Å². The van der Waals surface area contributed by atoms with Crippen LogP contribution in [0.5, 0.6) is 0 Å². The molecule has 2 aromatic carbocycles. The van der Waals surface area contributed by atoms with Gasteiger partial charge in [-0.15, -0.1) is 0 Å². The first kappa shape index (κ1) is 18.9. The van der Waals surface area contributed by atoms with Crippen molar-refractivity contribution < 1.29 is 14.7 Å². The Kier molecular flexibility index (Phi) is 5.46. The summed E-state index contributed by atoms with van der Waals surface area (Å²) in [6.45, 7) is 6.46. The van der Waals surface area contributed by atoms with E-state index in [1.807, 2.05) is 39.0 Å². The van der Waals surface area contributed by atoms with Gasteiger partial charge in [0.25, 0.3) is 5.91 Å². The van der Waals surface area contributed by atoms with Crippen molar-refractivity contribution in [1.29, 1.82) is 0 Å². The number of amides is 1. The van der Waals surface area contributed by atoms with Crippen molar-refractivity contribution in [1.82, 2.24) is 4.90 Å². The topological polar surface area (TPSA) is 70.0 Å². The molecule has 0 bridgehead atoms. The molecule has 1 aliphatic rings. The molecule has 3 rings (SSSR count). The zero-order valence-corrected chi connectivity index (χ0v) is 16.2. The molecule has 0 aromatic heterocycles. The molecular formula is C21H20N2O3S. The summed E-state index contributed by atoms with van der Waals surface area (Å²) in [5.41, 5.74) is 4.02. The lowest BCUT2D eigenvalue weighted by Gasteiger charge is -2.12. The third kappa shape index (κ3) is 4.11. The number of likely N-dealkylation sites (N-methyl/N-ethyl adjacent to an activating group) is 1. The van der Waals surface area contributed by atoms with Crippen LogP contribution in [0.15, 0.2) is 52.4 Å². The van der Waals surface area contributed by atoms with Crippen molar-refractivity contribution in [2.24, 2.45) is 4.99 Å². The van der Waals surface area contributed by atoms with E-state index in [2.05, 4.69) is 0 Å². The minimum atomic E-state index is -0.972. The van der Waals surface area contributed by atoms with Gasteiger partial charge in [-0.1, -0.05) is 24.3 Å². The molecule has 0 unspecified atom stereocenters. The van der Waals surface area contributed by atoms with Gasteiger partial charge in [-0.3, -0.25) is 9.69 Å². The van der Waals surface area contributed by atoms with Gasteiger partial charge in [-0.2, -0.15) is 0 Å². The highest BCUT2D eigenvalue weighted by Crippen LogP contribution is 2.34. The van der Waals surface area contributed by atoms with Crippen LogP contribution in [0.4, 0.5) is 5.69 Å². The molecule has 0 saturated carbocycles. The molecule has 138 valence electrons. The number of aryl methyl sites for hydroxylation is 2. The predicted octanol–water partition coefficient (Wildman–Crippen LogP) is 4.63. The van der Waals surface area contributed by atoms with Crippen molar-refractivity contribution in [3.8, 4) is 0 Å². The lowest BCUT2D eigenvalue weighted by molar-refractivity contribution is -0.122. The number of thioether (sulfide) groups is 1. The number of rotatable bonds is 4. The molecule has 1 aliphatic heterocycles. The van der Waals surface area contributed by atoms with Gasteiger partial charge in [-0.25, -0.2) is 9.79 Å². The van der Waals surface area contributed by atoms with Gasteiger partial charge < -0.3 is 5.11 Å². The van der Waals surface area contributed by atoms with Gasteiger partial charge >= 0.3 is 5.97 Å². The van der Waals surface area contributed by atoms with Crippen LogP contribution in [0.2, 0.25) is 0 Å². The summed E-state index contributed by atoms with van der Waals surface area (Å²) >= 11 is 1.34. The van der Waals surface area contributed by atoms with E-state index >= 15 is 0 Å². The molecule has 1 heterocycles.